The van der Waals surface area contributed by atoms with E-state index in [4.69, 9.17) is 4.74 Å². The maximum Gasteiger partial charge on any atom is 0.248 e. The first kappa shape index (κ1) is 10.5. The van der Waals surface area contributed by atoms with Gasteiger partial charge < -0.3 is 14.7 Å². The topological polar surface area (TPSA) is 49.8 Å². The molecule has 76 valence electrons. The van der Waals surface area contributed by atoms with Crippen molar-refractivity contribution in [3.63, 3.8) is 0 Å². The second-order valence-corrected chi connectivity index (χ2v) is 3.27. The van der Waals surface area contributed by atoms with Crippen molar-refractivity contribution in [3.05, 3.63) is 0 Å². The fourth-order valence-electron chi connectivity index (χ4n) is 1.46. The lowest BCUT2D eigenvalue weighted by Gasteiger charge is -2.29. The first-order valence-electron chi connectivity index (χ1n) is 4.77. The van der Waals surface area contributed by atoms with Crippen LogP contribution in [0.3, 0.4) is 0 Å². The fourth-order valence-corrected chi connectivity index (χ4v) is 1.46. The van der Waals surface area contributed by atoms with E-state index < -0.39 is 0 Å². The Morgan fingerprint density at radius 1 is 1.69 bits per heavy atom. The summed E-state index contributed by atoms with van der Waals surface area (Å²) in [6.45, 7) is 3.78. The molecule has 0 aliphatic carbocycles. The number of carbonyl (C=O) groups is 1. The molecule has 1 heterocycles. The molecule has 4 heteroatoms. The van der Waals surface area contributed by atoms with Gasteiger partial charge in [0.25, 0.3) is 0 Å². The molecule has 0 aromatic carbocycles. The Hall–Kier alpha value is -0.610. The molecule has 0 unspecified atom stereocenters. The summed E-state index contributed by atoms with van der Waals surface area (Å²) < 4.78 is 5.01. The van der Waals surface area contributed by atoms with Gasteiger partial charge in [0.15, 0.2) is 0 Å². The van der Waals surface area contributed by atoms with E-state index in [2.05, 4.69) is 0 Å². The molecule has 4 nitrogen and oxygen atoms in total. The van der Waals surface area contributed by atoms with Crippen LogP contribution in [-0.4, -0.2) is 48.3 Å². The smallest absolute Gasteiger partial charge is 0.248 e. The molecule has 0 saturated carbocycles. The zero-order chi connectivity index (χ0) is 9.68. The van der Waals surface area contributed by atoms with E-state index in [1.807, 2.05) is 6.92 Å². The number of likely N-dealkylation sites (tertiary alicyclic amines) is 1. The van der Waals surface area contributed by atoms with Crippen molar-refractivity contribution in [1.82, 2.24) is 4.90 Å². The third-order valence-corrected chi connectivity index (χ3v) is 2.18. The zero-order valence-corrected chi connectivity index (χ0v) is 8.03. The van der Waals surface area contributed by atoms with Gasteiger partial charge in [-0.15, -0.1) is 0 Å². The van der Waals surface area contributed by atoms with Crippen LogP contribution in [0, 0.1) is 0 Å². The summed E-state index contributed by atoms with van der Waals surface area (Å²) in [7, 11) is 0. The predicted molar refractivity (Wildman–Crippen MR) is 48.3 cm³/mol. The molecular formula is C9H17NO3. The van der Waals surface area contributed by atoms with Gasteiger partial charge in [-0.3, -0.25) is 4.79 Å². The van der Waals surface area contributed by atoms with E-state index in [0.717, 1.165) is 19.4 Å². The van der Waals surface area contributed by atoms with Crippen LogP contribution >= 0.6 is 0 Å². The maximum absolute atomic E-state index is 11.4. The van der Waals surface area contributed by atoms with Gasteiger partial charge in [-0.2, -0.15) is 0 Å². The summed E-state index contributed by atoms with van der Waals surface area (Å²) >= 11 is 0. The van der Waals surface area contributed by atoms with E-state index in [9.17, 15) is 9.90 Å². The van der Waals surface area contributed by atoms with Crippen LogP contribution in [0.2, 0.25) is 0 Å². The average Bonchev–Trinajstić information content (AvgIpc) is 2.14. The maximum atomic E-state index is 11.4. The highest BCUT2D eigenvalue weighted by Crippen LogP contribution is 2.09. The second kappa shape index (κ2) is 5.19. The van der Waals surface area contributed by atoms with Crippen LogP contribution in [0.1, 0.15) is 19.8 Å². The van der Waals surface area contributed by atoms with Gasteiger partial charge in [-0.25, -0.2) is 0 Å². The number of aliphatic hydroxyl groups is 1. The third-order valence-electron chi connectivity index (χ3n) is 2.18. The SMILES string of the molecule is CCOCC(=O)N1CCC[C@@H](O)C1. The number of aliphatic hydroxyl groups excluding tert-OH is 1. The molecule has 0 spiro atoms. The summed E-state index contributed by atoms with van der Waals surface area (Å²) in [5.74, 6) is -0.0133. The van der Waals surface area contributed by atoms with Crippen molar-refractivity contribution in [2.75, 3.05) is 26.3 Å². The summed E-state index contributed by atoms with van der Waals surface area (Å²) in [5, 5.41) is 9.32. The van der Waals surface area contributed by atoms with Gasteiger partial charge in [0.2, 0.25) is 5.91 Å². The highest BCUT2D eigenvalue weighted by molar-refractivity contribution is 5.77. The van der Waals surface area contributed by atoms with Crippen LogP contribution in [0.4, 0.5) is 0 Å². The van der Waals surface area contributed by atoms with Crippen LogP contribution in [0.5, 0.6) is 0 Å². The number of piperidine rings is 1. The number of ether oxygens (including phenoxy) is 1. The van der Waals surface area contributed by atoms with Gasteiger partial charge in [0.1, 0.15) is 6.61 Å². The number of hydrogen-bond donors (Lipinski definition) is 1. The summed E-state index contributed by atoms with van der Waals surface area (Å²) in [6.07, 6.45) is 1.34. The highest BCUT2D eigenvalue weighted by Gasteiger charge is 2.21. The minimum Gasteiger partial charge on any atom is -0.391 e. The lowest BCUT2D eigenvalue weighted by atomic mass is 10.1. The lowest BCUT2D eigenvalue weighted by molar-refractivity contribution is -0.139. The van der Waals surface area contributed by atoms with Crippen LogP contribution in [0.25, 0.3) is 0 Å². The molecule has 0 aromatic rings. The van der Waals surface area contributed by atoms with Crippen LogP contribution < -0.4 is 0 Å². The molecule has 0 bridgehead atoms. The molecule has 1 rings (SSSR count). The van der Waals surface area contributed by atoms with Gasteiger partial charge in [-0.05, 0) is 19.8 Å². The molecule has 13 heavy (non-hydrogen) atoms. The largest absolute Gasteiger partial charge is 0.391 e. The highest BCUT2D eigenvalue weighted by atomic mass is 16.5. The van der Waals surface area contributed by atoms with Crippen molar-refractivity contribution in [2.45, 2.75) is 25.9 Å². The number of β-amino-alcohol motifs (C(OH)–C–C–N with tert-alkyl or cyclic N) is 1. The van der Waals surface area contributed by atoms with Crippen LogP contribution in [-0.2, 0) is 9.53 Å². The molecule has 1 N–H and O–H groups in total. The molecule has 1 fully saturated rings. The quantitative estimate of drug-likeness (QED) is 0.677. The standard InChI is InChI=1S/C9H17NO3/c1-2-13-7-9(12)10-5-3-4-8(11)6-10/h8,11H,2-7H2,1H3/t8-/m1/s1. The minimum atomic E-state index is -0.348. The number of nitrogens with zero attached hydrogens (tertiary/aromatic N) is 1. The van der Waals surface area contributed by atoms with Gasteiger partial charge in [0.05, 0.1) is 6.10 Å². The number of rotatable bonds is 3. The molecule has 1 atom stereocenters. The lowest BCUT2D eigenvalue weighted by Crippen LogP contribution is -2.43. The summed E-state index contributed by atoms with van der Waals surface area (Å²) in [6, 6.07) is 0. The summed E-state index contributed by atoms with van der Waals surface area (Å²) in [5.41, 5.74) is 0. The number of carbonyl (C=O) groups excluding carboxylic acids is 1. The number of amides is 1. The monoisotopic (exact) mass is 187 g/mol. The normalized spacial score (nSPS) is 23.2. The molecule has 0 aromatic heterocycles. The molecule has 1 saturated heterocycles. The van der Waals surface area contributed by atoms with E-state index in [0.29, 0.717) is 13.2 Å². The van der Waals surface area contributed by atoms with Crippen molar-refractivity contribution in [3.8, 4) is 0 Å². The average molecular weight is 187 g/mol. The van der Waals surface area contributed by atoms with Crippen molar-refractivity contribution in [1.29, 1.82) is 0 Å². The van der Waals surface area contributed by atoms with Gasteiger partial charge in [0, 0.05) is 19.7 Å². The number of hydrogen-bond acceptors (Lipinski definition) is 3. The van der Waals surface area contributed by atoms with Gasteiger partial charge >= 0.3 is 0 Å². The van der Waals surface area contributed by atoms with E-state index in [-0.39, 0.29) is 18.6 Å². The van der Waals surface area contributed by atoms with E-state index in [1.165, 1.54) is 0 Å². The Morgan fingerprint density at radius 3 is 3.08 bits per heavy atom. The van der Waals surface area contributed by atoms with Crippen molar-refractivity contribution >= 4 is 5.91 Å². The third kappa shape index (κ3) is 3.32. The first-order chi connectivity index (χ1) is 6.24. The van der Waals surface area contributed by atoms with E-state index >= 15 is 0 Å². The van der Waals surface area contributed by atoms with E-state index in [1.54, 1.807) is 4.90 Å². The fraction of sp³-hybridized carbons (Fsp3) is 0.889. The van der Waals surface area contributed by atoms with Crippen molar-refractivity contribution < 1.29 is 14.6 Å². The summed E-state index contributed by atoms with van der Waals surface area (Å²) in [4.78, 5) is 13.1. The Labute approximate surface area is 78.5 Å². The second-order valence-electron chi connectivity index (χ2n) is 3.27. The first-order valence-corrected chi connectivity index (χ1v) is 4.77. The molecule has 1 amide bonds. The molecule has 0 radical (unpaired) electrons. The predicted octanol–water partition coefficient (Wildman–Crippen LogP) is 0.00620. The Morgan fingerprint density at radius 2 is 2.46 bits per heavy atom. The van der Waals surface area contributed by atoms with Crippen molar-refractivity contribution in [2.24, 2.45) is 0 Å². The Balaban J connectivity index is 2.28. The Kier molecular flexibility index (Phi) is 4.18. The molecule has 1 aliphatic rings. The van der Waals surface area contributed by atoms with Crippen LogP contribution in [0.15, 0.2) is 0 Å². The zero-order valence-electron chi connectivity index (χ0n) is 8.03. The minimum absolute atomic E-state index is 0.0133. The molecule has 1 aliphatic heterocycles. The Bertz CT molecular complexity index is 172. The molecular weight excluding hydrogens is 170 g/mol. The van der Waals surface area contributed by atoms with Gasteiger partial charge in [-0.1, -0.05) is 0 Å².